The van der Waals surface area contributed by atoms with E-state index in [9.17, 15) is 4.79 Å². The molecule has 2 aromatic rings. The minimum absolute atomic E-state index is 0.0137. The highest BCUT2D eigenvalue weighted by molar-refractivity contribution is 6.01. The van der Waals surface area contributed by atoms with Crippen LogP contribution in [0.1, 0.15) is 30.0 Å². The summed E-state index contributed by atoms with van der Waals surface area (Å²) >= 11 is 0. The number of benzene rings is 2. The van der Waals surface area contributed by atoms with E-state index in [0.717, 1.165) is 22.4 Å². The van der Waals surface area contributed by atoms with Crippen LogP contribution in [0, 0.1) is 0 Å². The van der Waals surface area contributed by atoms with Gasteiger partial charge in [0.2, 0.25) is 5.90 Å². The van der Waals surface area contributed by atoms with Gasteiger partial charge in [0.1, 0.15) is 11.9 Å². The number of aliphatic imine (C=N–C) groups is 1. The highest BCUT2D eigenvalue weighted by Gasteiger charge is 2.52. The third-order valence-corrected chi connectivity index (χ3v) is 5.64. The van der Waals surface area contributed by atoms with Crippen LogP contribution in [0.15, 0.2) is 53.5 Å². The van der Waals surface area contributed by atoms with Gasteiger partial charge in [-0.1, -0.05) is 24.3 Å². The summed E-state index contributed by atoms with van der Waals surface area (Å²) in [5, 5.41) is 8.86. The number of rotatable bonds is 5. The Morgan fingerprint density at radius 3 is 2.66 bits per heavy atom. The molecule has 0 bridgehead atoms. The summed E-state index contributed by atoms with van der Waals surface area (Å²) in [6, 6.07) is 15.6. The molecule has 1 amide bonds. The maximum absolute atomic E-state index is 13.3. The lowest BCUT2D eigenvalue weighted by Crippen LogP contribution is -2.51. The Balaban J connectivity index is 1.64. The number of carbonyl (C=O) groups excluding carboxylic acids is 1. The lowest BCUT2D eigenvalue weighted by Gasteiger charge is -2.29. The molecule has 6 heteroatoms. The average molecular weight is 394 g/mol. The van der Waals surface area contributed by atoms with Gasteiger partial charge in [0.15, 0.2) is 5.54 Å². The van der Waals surface area contributed by atoms with Crippen molar-refractivity contribution in [3.05, 3.63) is 65.2 Å². The molecule has 2 aromatic carbocycles. The fourth-order valence-corrected chi connectivity index (χ4v) is 3.96. The fraction of sp³-hybridized carbons (Fsp3) is 0.391. The van der Waals surface area contributed by atoms with Crippen molar-refractivity contribution in [1.82, 2.24) is 4.90 Å². The van der Waals surface area contributed by atoms with Gasteiger partial charge in [-0.2, -0.15) is 0 Å². The molecule has 1 N–H and O–H groups in total. The molecule has 0 aliphatic carbocycles. The van der Waals surface area contributed by atoms with Crippen molar-refractivity contribution >= 4 is 11.8 Å². The number of fused-ring (bicyclic) bond motifs is 1. The number of carbonyl (C=O) groups is 1. The highest BCUT2D eigenvalue weighted by atomic mass is 16.5. The van der Waals surface area contributed by atoms with E-state index in [4.69, 9.17) is 19.6 Å². The van der Waals surface area contributed by atoms with E-state index in [1.54, 1.807) is 4.90 Å². The fourth-order valence-electron chi connectivity index (χ4n) is 3.96. The molecule has 0 fully saturated rings. The van der Waals surface area contributed by atoms with Gasteiger partial charge in [-0.25, -0.2) is 4.99 Å². The summed E-state index contributed by atoms with van der Waals surface area (Å²) in [5.74, 6) is 1.20. The molecule has 2 aliphatic heterocycles. The van der Waals surface area contributed by atoms with Gasteiger partial charge in [-0.05, 0) is 42.3 Å². The highest BCUT2D eigenvalue weighted by Crippen LogP contribution is 2.37. The number of hydrogen-bond donors (Lipinski definition) is 1. The van der Waals surface area contributed by atoms with Gasteiger partial charge >= 0.3 is 0 Å². The summed E-state index contributed by atoms with van der Waals surface area (Å²) in [6.07, 6.45) is 0.757. The Labute approximate surface area is 170 Å². The van der Waals surface area contributed by atoms with Gasteiger partial charge in [0.05, 0.1) is 6.61 Å². The molecule has 0 radical (unpaired) electrons. The smallest absolute Gasteiger partial charge is 0.254 e. The SMILES string of the molecule is C[C@@H]1OC(c2ccc(OCCCO)cc2)=N[C@@]12Cc1ccccc1CN(C)C2=O. The zero-order valence-corrected chi connectivity index (χ0v) is 16.8. The van der Waals surface area contributed by atoms with E-state index in [2.05, 4.69) is 12.1 Å². The van der Waals surface area contributed by atoms with E-state index in [1.165, 1.54) is 0 Å². The molecule has 6 nitrogen and oxygen atoms in total. The van der Waals surface area contributed by atoms with Crippen LogP contribution in [0.4, 0.5) is 0 Å². The first-order valence-corrected chi connectivity index (χ1v) is 9.96. The van der Waals surface area contributed by atoms with Gasteiger partial charge in [0, 0.05) is 38.6 Å². The van der Waals surface area contributed by atoms with E-state index < -0.39 is 5.54 Å². The minimum Gasteiger partial charge on any atom is -0.494 e. The summed E-state index contributed by atoms with van der Waals surface area (Å²) in [7, 11) is 1.82. The first-order valence-electron chi connectivity index (χ1n) is 9.96. The second-order valence-electron chi connectivity index (χ2n) is 7.66. The molecular weight excluding hydrogens is 368 g/mol. The first kappa shape index (κ1) is 19.5. The Kier molecular flexibility index (Phi) is 5.28. The Morgan fingerprint density at radius 1 is 1.21 bits per heavy atom. The number of amides is 1. The van der Waals surface area contributed by atoms with Crippen molar-refractivity contribution in [2.24, 2.45) is 4.99 Å². The number of aliphatic hydroxyl groups excluding tert-OH is 1. The van der Waals surface area contributed by atoms with Gasteiger partial charge in [-0.3, -0.25) is 4.79 Å². The van der Waals surface area contributed by atoms with Crippen LogP contribution < -0.4 is 4.74 Å². The predicted octanol–water partition coefficient (Wildman–Crippen LogP) is 2.57. The van der Waals surface area contributed by atoms with E-state index in [-0.39, 0.29) is 18.6 Å². The van der Waals surface area contributed by atoms with Crippen LogP contribution in [0.3, 0.4) is 0 Å². The van der Waals surface area contributed by atoms with Crippen molar-refractivity contribution < 1.29 is 19.4 Å². The van der Waals surface area contributed by atoms with Crippen LogP contribution >= 0.6 is 0 Å². The monoisotopic (exact) mass is 394 g/mol. The first-order chi connectivity index (χ1) is 14.0. The summed E-state index contributed by atoms with van der Waals surface area (Å²) in [6.45, 7) is 3.07. The molecule has 4 rings (SSSR count). The molecule has 2 heterocycles. The molecule has 0 saturated heterocycles. The third kappa shape index (κ3) is 3.60. The maximum atomic E-state index is 13.3. The molecule has 2 aliphatic rings. The zero-order chi connectivity index (χ0) is 20.4. The number of hydrogen-bond acceptors (Lipinski definition) is 5. The lowest BCUT2D eigenvalue weighted by atomic mass is 9.86. The van der Waals surface area contributed by atoms with Crippen LogP contribution in [-0.2, 0) is 22.5 Å². The normalized spacial score (nSPS) is 23.4. The minimum atomic E-state index is -0.951. The van der Waals surface area contributed by atoms with E-state index in [0.29, 0.717) is 31.9 Å². The molecule has 29 heavy (non-hydrogen) atoms. The Bertz CT molecular complexity index is 925. The van der Waals surface area contributed by atoms with Crippen molar-refractivity contribution in [2.75, 3.05) is 20.3 Å². The largest absolute Gasteiger partial charge is 0.494 e. The lowest BCUT2D eigenvalue weighted by molar-refractivity contribution is -0.137. The molecule has 152 valence electrons. The summed E-state index contributed by atoms with van der Waals surface area (Å²) in [4.78, 5) is 19.9. The van der Waals surface area contributed by atoms with Gasteiger partial charge in [-0.15, -0.1) is 0 Å². The number of aliphatic hydroxyl groups is 1. The van der Waals surface area contributed by atoms with Crippen molar-refractivity contribution in [2.45, 2.75) is 38.0 Å². The Morgan fingerprint density at radius 2 is 1.93 bits per heavy atom. The number of likely N-dealkylation sites (N-methyl/N-ethyl adjacent to an activating group) is 1. The van der Waals surface area contributed by atoms with Crippen LogP contribution in [-0.4, -0.2) is 53.7 Å². The van der Waals surface area contributed by atoms with Crippen LogP contribution in [0.25, 0.3) is 0 Å². The summed E-state index contributed by atoms with van der Waals surface area (Å²) < 4.78 is 11.7. The van der Waals surface area contributed by atoms with Gasteiger partial charge in [0.25, 0.3) is 5.91 Å². The summed E-state index contributed by atoms with van der Waals surface area (Å²) in [5.41, 5.74) is 2.16. The molecule has 0 saturated carbocycles. The zero-order valence-electron chi connectivity index (χ0n) is 16.8. The molecule has 1 spiro atoms. The second kappa shape index (κ2) is 7.87. The van der Waals surface area contributed by atoms with Gasteiger partial charge < -0.3 is 19.5 Å². The predicted molar refractivity (Wildman–Crippen MR) is 110 cm³/mol. The third-order valence-electron chi connectivity index (χ3n) is 5.64. The molecular formula is C23H26N2O4. The number of ether oxygens (including phenoxy) is 2. The number of nitrogens with zero attached hydrogens (tertiary/aromatic N) is 2. The van der Waals surface area contributed by atoms with Crippen LogP contribution in [0.5, 0.6) is 5.75 Å². The topological polar surface area (TPSA) is 71.4 Å². The van der Waals surface area contributed by atoms with Crippen molar-refractivity contribution in [1.29, 1.82) is 0 Å². The molecule has 0 unspecified atom stereocenters. The van der Waals surface area contributed by atoms with E-state index >= 15 is 0 Å². The van der Waals surface area contributed by atoms with Crippen molar-refractivity contribution in [3.63, 3.8) is 0 Å². The van der Waals surface area contributed by atoms with Crippen molar-refractivity contribution in [3.8, 4) is 5.75 Å². The average Bonchev–Trinajstić information content (AvgIpc) is 3.01. The van der Waals surface area contributed by atoms with Crippen LogP contribution in [0.2, 0.25) is 0 Å². The van der Waals surface area contributed by atoms with E-state index in [1.807, 2.05) is 50.4 Å². The second-order valence-corrected chi connectivity index (χ2v) is 7.66. The Hall–Kier alpha value is -2.86. The quantitative estimate of drug-likeness (QED) is 0.792. The molecule has 2 atom stereocenters. The maximum Gasteiger partial charge on any atom is 0.254 e. The standard InChI is InChI=1S/C23H26N2O4/c1-16-23(14-18-6-3-4-7-19(18)15-25(2)22(23)27)24-21(29-16)17-8-10-20(11-9-17)28-13-5-12-26/h3-4,6-11,16,26H,5,12-15H2,1-2H3/t16-,23-/m0/s1. The molecule has 0 aromatic heterocycles.